The number of thiazole rings is 1. The lowest BCUT2D eigenvalue weighted by molar-refractivity contribution is 0.978. The first-order valence-corrected chi connectivity index (χ1v) is 9.67. The van der Waals surface area contributed by atoms with Crippen LogP contribution < -0.4 is 0 Å². The van der Waals surface area contributed by atoms with Gasteiger partial charge in [-0.25, -0.2) is 14.5 Å². The van der Waals surface area contributed by atoms with Crippen LogP contribution in [0.2, 0.25) is 0 Å². The number of nitrogens with zero attached hydrogens (tertiary/aromatic N) is 4. The second-order valence-electron chi connectivity index (χ2n) is 5.25. The van der Waals surface area contributed by atoms with Gasteiger partial charge in [-0.2, -0.15) is 5.10 Å². The van der Waals surface area contributed by atoms with Crippen molar-refractivity contribution in [2.24, 2.45) is 0 Å². The monoisotopic (exact) mass is 412 g/mol. The van der Waals surface area contributed by atoms with Crippen molar-refractivity contribution >= 4 is 53.8 Å². The van der Waals surface area contributed by atoms with E-state index in [2.05, 4.69) is 32.1 Å². The van der Waals surface area contributed by atoms with E-state index >= 15 is 0 Å². The molecule has 0 N–H and O–H groups in total. The highest BCUT2D eigenvalue weighted by molar-refractivity contribution is 9.10. The van der Waals surface area contributed by atoms with Gasteiger partial charge in [0.15, 0.2) is 10.0 Å². The summed E-state index contributed by atoms with van der Waals surface area (Å²) in [5, 5.41) is 6.50. The van der Waals surface area contributed by atoms with Crippen molar-refractivity contribution in [2.75, 3.05) is 0 Å². The Bertz CT molecular complexity index is 1110. The highest BCUT2D eigenvalue weighted by atomic mass is 79.9. The standard InChI is InChI=1S/C17H9BrN4S2/c18-11-7-5-10(6-8-11)13-9-22-17(20-13)24-16(21-22)15-19-12-3-1-2-4-14(12)23-15/h1-9H. The molecule has 0 fully saturated rings. The third-order valence-electron chi connectivity index (χ3n) is 3.66. The van der Waals surface area contributed by atoms with Gasteiger partial charge >= 0.3 is 0 Å². The molecule has 116 valence electrons. The van der Waals surface area contributed by atoms with E-state index in [4.69, 9.17) is 4.98 Å². The van der Waals surface area contributed by atoms with Gasteiger partial charge in [-0.1, -0.05) is 51.5 Å². The van der Waals surface area contributed by atoms with Crippen molar-refractivity contribution in [3.8, 4) is 21.3 Å². The summed E-state index contributed by atoms with van der Waals surface area (Å²) in [6.07, 6.45) is 1.96. The Morgan fingerprint density at radius 3 is 2.50 bits per heavy atom. The fourth-order valence-corrected chi connectivity index (χ4v) is 4.64. The lowest BCUT2D eigenvalue weighted by Crippen LogP contribution is -1.82. The minimum absolute atomic E-state index is 0.877. The van der Waals surface area contributed by atoms with Gasteiger partial charge in [0, 0.05) is 10.0 Å². The third kappa shape index (κ3) is 2.36. The molecule has 0 aliphatic rings. The molecule has 0 saturated heterocycles. The van der Waals surface area contributed by atoms with E-state index in [-0.39, 0.29) is 0 Å². The van der Waals surface area contributed by atoms with Crippen molar-refractivity contribution in [3.05, 3.63) is 59.2 Å². The van der Waals surface area contributed by atoms with Crippen LogP contribution in [0.25, 0.3) is 36.5 Å². The molecule has 7 heteroatoms. The van der Waals surface area contributed by atoms with Crippen LogP contribution in [0.3, 0.4) is 0 Å². The summed E-state index contributed by atoms with van der Waals surface area (Å²) in [6.45, 7) is 0. The smallest absolute Gasteiger partial charge is 0.213 e. The van der Waals surface area contributed by atoms with Crippen LogP contribution in [-0.2, 0) is 0 Å². The Labute approximate surface area is 153 Å². The van der Waals surface area contributed by atoms with E-state index in [0.717, 1.165) is 36.2 Å². The van der Waals surface area contributed by atoms with Gasteiger partial charge in [0.25, 0.3) is 0 Å². The van der Waals surface area contributed by atoms with Gasteiger partial charge in [-0.05, 0) is 24.3 Å². The normalized spacial score (nSPS) is 11.5. The molecule has 0 atom stereocenters. The second kappa shape index (κ2) is 5.47. The van der Waals surface area contributed by atoms with Crippen LogP contribution >= 0.6 is 38.6 Å². The summed E-state index contributed by atoms with van der Waals surface area (Å²) >= 11 is 6.68. The SMILES string of the molecule is Brc1ccc(-c2cn3nc(-c4nc5ccccc5s4)sc3n2)cc1. The molecule has 0 unspecified atom stereocenters. The lowest BCUT2D eigenvalue weighted by Gasteiger charge is -1.95. The number of para-hydroxylation sites is 1. The molecule has 0 bridgehead atoms. The molecule has 5 rings (SSSR count). The second-order valence-corrected chi connectivity index (χ2v) is 8.16. The van der Waals surface area contributed by atoms with Crippen LogP contribution in [0.5, 0.6) is 0 Å². The number of fused-ring (bicyclic) bond motifs is 2. The molecule has 0 spiro atoms. The van der Waals surface area contributed by atoms with Gasteiger partial charge in [-0.3, -0.25) is 0 Å². The van der Waals surface area contributed by atoms with Crippen molar-refractivity contribution in [2.45, 2.75) is 0 Å². The minimum atomic E-state index is 0.877. The summed E-state index contributed by atoms with van der Waals surface area (Å²) in [4.78, 5) is 10.2. The zero-order valence-electron chi connectivity index (χ0n) is 12.2. The molecule has 24 heavy (non-hydrogen) atoms. The van der Waals surface area contributed by atoms with E-state index < -0.39 is 0 Å². The Kier molecular flexibility index (Phi) is 3.26. The Hall–Kier alpha value is -2.09. The third-order valence-corrected chi connectivity index (χ3v) is 6.29. The number of aromatic nitrogens is 4. The molecule has 0 radical (unpaired) electrons. The van der Waals surface area contributed by atoms with Crippen LogP contribution in [0.4, 0.5) is 0 Å². The van der Waals surface area contributed by atoms with Gasteiger partial charge < -0.3 is 0 Å². The fraction of sp³-hybridized carbons (Fsp3) is 0. The Morgan fingerprint density at radius 2 is 1.71 bits per heavy atom. The molecule has 3 heterocycles. The molecule has 0 aliphatic carbocycles. The lowest BCUT2D eigenvalue weighted by atomic mass is 10.2. The van der Waals surface area contributed by atoms with Gasteiger partial charge in [0.2, 0.25) is 4.96 Å². The van der Waals surface area contributed by atoms with E-state index in [1.165, 1.54) is 4.70 Å². The van der Waals surface area contributed by atoms with Crippen LogP contribution in [0.15, 0.2) is 59.2 Å². The highest BCUT2D eigenvalue weighted by Crippen LogP contribution is 2.33. The summed E-state index contributed by atoms with van der Waals surface area (Å²) in [7, 11) is 0. The van der Waals surface area contributed by atoms with Gasteiger partial charge in [-0.15, -0.1) is 11.3 Å². The Morgan fingerprint density at radius 1 is 0.875 bits per heavy atom. The molecule has 3 aromatic heterocycles. The maximum Gasteiger partial charge on any atom is 0.213 e. The predicted molar refractivity (Wildman–Crippen MR) is 103 cm³/mol. The average Bonchev–Trinajstić information content (AvgIpc) is 3.27. The first kappa shape index (κ1) is 14.3. The molecule has 4 nitrogen and oxygen atoms in total. The van der Waals surface area contributed by atoms with Crippen LogP contribution in [0, 0.1) is 0 Å². The highest BCUT2D eigenvalue weighted by Gasteiger charge is 2.14. The number of imidazole rings is 1. The molecular weight excluding hydrogens is 404 g/mol. The molecule has 0 aliphatic heterocycles. The van der Waals surface area contributed by atoms with Gasteiger partial charge in [0.05, 0.1) is 22.1 Å². The molecule has 2 aromatic carbocycles. The topological polar surface area (TPSA) is 43.1 Å². The quantitative estimate of drug-likeness (QED) is 0.384. The maximum absolute atomic E-state index is 4.69. The molecule has 0 saturated carbocycles. The number of rotatable bonds is 2. The number of benzene rings is 2. The number of halogens is 1. The summed E-state index contributed by atoms with van der Waals surface area (Å²) in [5.41, 5.74) is 3.02. The predicted octanol–water partition coefficient (Wildman–Crippen LogP) is 5.50. The van der Waals surface area contributed by atoms with E-state index in [1.54, 1.807) is 22.7 Å². The largest absolute Gasteiger partial charge is 0.233 e. The van der Waals surface area contributed by atoms with Crippen molar-refractivity contribution in [1.29, 1.82) is 0 Å². The summed E-state index contributed by atoms with van der Waals surface area (Å²) in [6, 6.07) is 16.3. The van der Waals surface area contributed by atoms with E-state index in [0.29, 0.717) is 0 Å². The van der Waals surface area contributed by atoms with Crippen molar-refractivity contribution in [3.63, 3.8) is 0 Å². The minimum Gasteiger partial charge on any atom is -0.233 e. The van der Waals surface area contributed by atoms with Crippen molar-refractivity contribution < 1.29 is 0 Å². The first-order chi connectivity index (χ1) is 11.8. The summed E-state index contributed by atoms with van der Waals surface area (Å²) < 4.78 is 4.07. The van der Waals surface area contributed by atoms with Crippen LogP contribution in [0.1, 0.15) is 0 Å². The molecule has 5 aromatic rings. The average molecular weight is 413 g/mol. The van der Waals surface area contributed by atoms with E-state index in [9.17, 15) is 0 Å². The zero-order chi connectivity index (χ0) is 16.1. The maximum atomic E-state index is 4.69. The van der Waals surface area contributed by atoms with E-state index in [1.807, 2.05) is 53.2 Å². The van der Waals surface area contributed by atoms with Crippen LogP contribution in [-0.4, -0.2) is 19.6 Å². The van der Waals surface area contributed by atoms with Gasteiger partial charge in [0.1, 0.15) is 0 Å². The number of hydrogen-bond acceptors (Lipinski definition) is 5. The zero-order valence-corrected chi connectivity index (χ0v) is 15.4. The van der Waals surface area contributed by atoms with Crippen molar-refractivity contribution in [1.82, 2.24) is 19.6 Å². The fourth-order valence-electron chi connectivity index (χ4n) is 2.51. The molecular formula is C17H9BrN4S2. The first-order valence-electron chi connectivity index (χ1n) is 7.24. The number of hydrogen-bond donors (Lipinski definition) is 0. The Balaban J connectivity index is 1.57. The summed E-state index contributed by atoms with van der Waals surface area (Å²) in [5.74, 6) is 0. The molecule has 0 amide bonds.